The van der Waals surface area contributed by atoms with Crippen molar-refractivity contribution in [2.45, 2.75) is 32.6 Å². The Balaban J connectivity index is 1.73. The lowest BCUT2D eigenvalue weighted by Crippen LogP contribution is -2.35. The van der Waals surface area contributed by atoms with Gasteiger partial charge in [0.2, 0.25) is 0 Å². The molecule has 1 saturated heterocycles. The second-order valence-corrected chi connectivity index (χ2v) is 6.18. The van der Waals surface area contributed by atoms with Crippen LogP contribution in [0.1, 0.15) is 38.3 Å². The molecule has 0 aliphatic carbocycles. The minimum absolute atomic E-state index is 0.271. The minimum Gasteiger partial charge on any atom is -0.356 e. The predicted molar refractivity (Wildman–Crippen MR) is 77.2 cm³/mol. The Bertz CT molecular complexity index is 585. The quantitative estimate of drug-likeness (QED) is 0.854. The van der Waals surface area contributed by atoms with Crippen LogP contribution in [0.15, 0.2) is 22.7 Å². The second kappa shape index (κ2) is 5.52. The first-order valence-corrected chi connectivity index (χ1v) is 7.40. The number of aromatic nitrogens is 1. The van der Waals surface area contributed by atoms with Crippen molar-refractivity contribution in [3.05, 3.63) is 29.7 Å². The van der Waals surface area contributed by atoms with Gasteiger partial charge in [-0.05, 0) is 44.0 Å². The molecule has 108 valence electrons. The molecule has 1 aliphatic heterocycles. The smallest absolute Gasteiger partial charge is 0.170 e. The Hall–Kier alpha value is -1.42. The Labute approximate surface area is 118 Å². The number of hydrogen-bond acceptors (Lipinski definition) is 3. The molecule has 0 unspecified atom stereocenters. The van der Waals surface area contributed by atoms with Gasteiger partial charge >= 0.3 is 0 Å². The molecule has 1 aliphatic rings. The summed E-state index contributed by atoms with van der Waals surface area (Å²) in [6, 6.07) is 4.69. The molecule has 0 atom stereocenters. The van der Waals surface area contributed by atoms with Gasteiger partial charge in [0.05, 0.1) is 5.69 Å². The van der Waals surface area contributed by atoms with Crippen molar-refractivity contribution in [1.82, 2.24) is 10.1 Å². The van der Waals surface area contributed by atoms with E-state index in [0.717, 1.165) is 43.6 Å². The second-order valence-electron chi connectivity index (χ2n) is 6.18. The molecule has 1 aromatic carbocycles. The van der Waals surface area contributed by atoms with E-state index in [1.54, 1.807) is 6.07 Å². The lowest BCUT2D eigenvalue weighted by atomic mass is 9.91. The van der Waals surface area contributed by atoms with Crippen molar-refractivity contribution in [2.24, 2.45) is 5.92 Å². The Morgan fingerprint density at radius 3 is 2.80 bits per heavy atom. The normalized spacial score (nSPS) is 18.2. The van der Waals surface area contributed by atoms with Crippen LogP contribution >= 0.6 is 0 Å². The summed E-state index contributed by atoms with van der Waals surface area (Å²) >= 11 is 0. The molecule has 2 heterocycles. The monoisotopic (exact) mass is 276 g/mol. The highest BCUT2D eigenvalue weighted by atomic mass is 19.1. The highest BCUT2D eigenvalue weighted by Crippen LogP contribution is 2.32. The molecule has 20 heavy (non-hydrogen) atoms. The number of nitrogens with zero attached hydrogens (tertiary/aromatic N) is 2. The molecule has 0 amide bonds. The molecular formula is C16H21FN2O. The third kappa shape index (κ3) is 2.70. The fourth-order valence-corrected chi connectivity index (χ4v) is 3.13. The van der Waals surface area contributed by atoms with Crippen molar-refractivity contribution in [2.75, 3.05) is 19.6 Å². The summed E-state index contributed by atoms with van der Waals surface area (Å²) < 4.78 is 18.4. The lowest BCUT2D eigenvalue weighted by Gasteiger charge is -2.32. The van der Waals surface area contributed by atoms with Crippen molar-refractivity contribution in [3.8, 4) is 0 Å². The number of hydrogen-bond donors (Lipinski definition) is 0. The molecule has 0 radical (unpaired) electrons. The van der Waals surface area contributed by atoms with E-state index in [-0.39, 0.29) is 5.82 Å². The van der Waals surface area contributed by atoms with Crippen LogP contribution < -0.4 is 0 Å². The van der Waals surface area contributed by atoms with E-state index in [1.165, 1.54) is 12.1 Å². The van der Waals surface area contributed by atoms with E-state index in [2.05, 4.69) is 23.9 Å². The molecule has 0 bridgehead atoms. The van der Waals surface area contributed by atoms with Crippen LogP contribution in [-0.2, 0) is 0 Å². The summed E-state index contributed by atoms with van der Waals surface area (Å²) in [6.45, 7) is 7.89. The number of piperidine rings is 1. The number of likely N-dealkylation sites (tertiary alicyclic amines) is 1. The summed E-state index contributed by atoms with van der Waals surface area (Å²) in [4.78, 5) is 2.52. The fraction of sp³-hybridized carbons (Fsp3) is 0.562. The first-order valence-electron chi connectivity index (χ1n) is 7.40. The predicted octanol–water partition coefficient (Wildman–Crippen LogP) is 3.80. The summed E-state index contributed by atoms with van der Waals surface area (Å²) in [5.41, 5.74) is 1.56. The average molecular weight is 276 g/mol. The van der Waals surface area contributed by atoms with Crippen molar-refractivity contribution in [3.63, 3.8) is 0 Å². The molecule has 1 fully saturated rings. The largest absolute Gasteiger partial charge is 0.356 e. The zero-order chi connectivity index (χ0) is 14.1. The third-order valence-corrected chi connectivity index (χ3v) is 4.06. The lowest BCUT2D eigenvalue weighted by molar-refractivity contribution is 0.189. The highest BCUT2D eigenvalue weighted by Gasteiger charge is 2.25. The van der Waals surface area contributed by atoms with Gasteiger partial charge in [-0.1, -0.05) is 19.0 Å². The van der Waals surface area contributed by atoms with Crippen LogP contribution in [0.2, 0.25) is 0 Å². The Morgan fingerprint density at radius 2 is 2.10 bits per heavy atom. The third-order valence-electron chi connectivity index (χ3n) is 4.06. The Morgan fingerprint density at radius 1 is 1.35 bits per heavy atom. The zero-order valence-electron chi connectivity index (χ0n) is 12.1. The number of rotatable bonds is 3. The van der Waals surface area contributed by atoms with E-state index in [0.29, 0.717) is 17.4 Å². The van der Waals surface area contributed by atoms with Crippen molar-refractivity contribution >= 4 is 11.0 Å². The van der Waals surface area contributed by atoms with Gasteiger partial charge in [0, 0.05) is 23.9 Å². The maximum Gasteiger partial charge on any atom is 0.170 e. The van der Waals surface area contributed by atoms with Crippen LogP contribution in [-0.4, -0.2) is 29.7 Å². The molecule has 0 N–H and O–H groups in total. The van der Waals surface area contributed by atoms with E-state index in [9.17, 15) is 4.39 Å². The van der Waals surface area contributed by atoms with Gasteiger partial charge in [-0.15, -0.1) is 0 Å². The van der Waals surface area contributed by atoms with Gasteiger partial charge in [-0.2, -0.15) is 0 Å². The van der Waals surface area contributed by atoms with Gasteiger partial charge in [0.25, 0.3) is 0 Å². The maximum atomic E-state index is 13.2. The standard InChI is InChI=1S/C16H21FN2O/c1-11(2)10-19-7-5-12(6-8-19)16-14-4-3-13(17)9-15(14)20-18-16/h3-4,9,11-12H,5-8,10H2,1-2H3. The molecule has 4 heteroatoms. The molecule has 3 rings (SSSR count). The molecule has 0 spiro atoms. The molecule has 1 aromatic heterocycles. The van der Waals surface area contributed by atoms with Gasteiger partial charge in [-0.3, -0.25) is 0 Å². The summed E-state index contributed by atoms with van der Waals surface area (Å²) in [5, 5.41) is 5.15. The van der Waals surface area contributed by atoms with E-state index in [4.69, 9.17) is 4.52 Å². The van der Waals surface area contributed by atoms with Crippen LogP contribution in [0.3, 0.4) is 0 Å². The van der Waals surface area contributed by atoms with Crippen LogP contribution in [0.4, 0.5) is 4.39 Å². The molecular weight excluding hydrogens is 255 g/mol. The van der Waals surface area contributed by atoms with Gasteiger partial charge in [0.15, 0.2) is 5.58 Å². The molecule has 0 saturated carbocycles. The first-order chi connectivity index (χ1) is 9.63. The topological polar surface area (TPSA) is 29.3 Å². The first kappa shape index (κ1) is 13.6. The van der Waals surface area contributed by atoms with E-state index in [1.807, 2.05) is 0 Å². The van der Waals surface area contributed by atoms with E-state index >= 15 is 0 Å². The number of benzene rings is 1. The maximum absolute atomic E-state index is 13.2. The molecule has 2 aromatic rings. The zero-order valence-corrected chi connectivity index (χ0v) is 12.1. The highest BCUT2D eigenvalue weighted by molar-refractivity contribution is 5.79. The van der Waals surface area contributed by atoms with Gasteiger partial charge < -0.3 is 9.42 Å². The number of fused-ring (bicyclic) bond motifs is 1. The van der Waals surface area contributed by atoms with Crippen LogP contribution in [0.25, 0.3) is 11.0 Å². The minimum atomic E-state index is -0.271. The van der Waals surface area contributed by atoms with Gasteiger partial charge in [0.1, 0.15) is 5.82 Å². The SMILES string of the molecule is CC(C)CN1CCC(c2noc3cc(F)ccc23)CC1. The molecule has 3 nitrogen and oxygen atoms in total. The average Bonchev–Trinajstić information content (AvgIpc) is 2.82. The Kier molecular flexibility index (Phi) is 3.74. The van der Waals surface area contributed by atoms with Crippen molar-refractivity contribution in [1.29, 1.82) is 0 Å². The summed E-state index contributed by atoms with van der Waals surface area (Å²) in [5.74, 6) is 0.875. The fourth-order valence-electron chi connectivity index (χ4n) is 3.13. The van der Waals surface area contributed by atoms with Crippen LogP contribution in [0.5, 0.6) is 0 Å². The van der Waals surface area contributed by atoms with E-state index < -0.39 is 0 Å². The summed E-state index contributed by atoms with van der Waals surface area (Å²) in [6.07, 6.45) is 2.21. The summed E-state index contributed by atoms with van der Waals surface area (Å²) in [7, 11) is 0. The number of halogens is 1. The van der Waals surface area contributed by atoms with Gasteiger partial charge in [-0.25, -0.2) is 4.39 Å². The van der Waals surface area contributed by atoms with Crippen LogP contribution in [0, 0.1) is 11.7 Å². The van der Waals surface area contributed by atoms with Crippen molar-refractivity contribution < 1.29 is 8.91 Å².